The third kappa shape index (κ3) is 4.26. The molecule has 0 fully saturated rings. The standard InChI is InChI=1S/C9H18N2O4/c1-9(2,10-3)8(15)11-6(4-5-12)7(13)14/h6,10,12H,4-5H2,1-3H3,(H,11,15)(H,13,14). The summed E-state index contributed by atoms with van der Waals surface area (Å²) in [5.74, 6) is -1.56. The lowest BCUT2D eigenvalue weighted by Gasteiger charge is -2.25. The minimum Gasteiger partial charge on any atom is -0.480 e. The highest BCUT2D eigenvalue weighted by Crippen LogP contribution is 2.02. The lowest BCUT2D eigenvalue weighted by molar-refractivity contribution is -0.143. The van der Waals surface area contributed by atoms with Gasteiger partial charge in [-0.1, -0.05) is 0 Å². The van der Waals surface area contributed by atoms with Gasteiger partial charge in [0.2, 0.25) is 5.91 Å². The predicted octanol–water partition coefficient (Wildman–Crippen LogP) is -1.06. The topological polar surface area (TPSA) is 98.7 Å². The first-order chi connectivity index (χ1) is 6.85. The van der Waals surface area contributed by atoms with Crippen LogP contribution < -0.4 is 10.6 Å². The molecular formula is C9H18N2O4. The van der Waals surface area contributed by atoms with Gasteiger partial charge in [-0.2, -0.15) is 0 Å². The molecule has 0 radical (unpaired) electrons. The molecule has 6 nitrogen and oxygen atoms in total. The maximum Gasteiger partial charge on any atom is 0.326 e. The van der Waals surface area contributed by atoms with E-state index in [4.69, 9.17) is 10.2 Å². The molecule has 0 aliphatic heterocycles. The summed E-state index contributed by atoms with van der Waals surface area (Å²) in [7, 11) is 1.61. The summed E-state index contributed by atoms with van der Waals surface area (Å²) in [6, 6.07) is -1.05. The number of aliphatic hydroxyl groups is 1. The van der Waals surface area contributed by atoms with Crippen molar-refractivity contribution >= 4 is 11.9 Å². The molecule has 1 unspecified atom stereocenters. The summed E-state index contributed by atoms with van der Waals surface area (Å²) in [6.07, 6.45) is 0.000861. The van der Waals surface area contributed by atoms with Crippen LogP contribution in [0.4, 0.5) is 0 Å². The first-order valence-corrected chi connectivity index (χ1v) is 4.68. The number of aliphatic carboxylic acids is 1. The summed E-state index contributed by atoms with van der Waals surface area (Å²) in [5, 5.41) is 22.5. The molecule has 15 heavy (non-hydrogen) atoms. The third-order valence-corrected chi connectivity index (χ3v) is 2.21. The van der Waals surface area contributed by atoms with Crippen LogP contribution in [-0.4, -0.2) is 47.3 Å². The lowest BCUT2D eigenvalue weighted by atomic mass is 10.0. The maximum atomic E-state index is 11.6. The predicted molar refractivity (Wildman–Crippen MR) is 54.4 cm³/mol. The molecule has 0 saturated carbocycles. The van der Waals surface area contributed by atoms with Crippen LogP contribution in [0.2, 0.25) is 0 Å². The highest BCUT2D eigenvalue weighted by Gasteiger charge is 2.29. The van der Waals surface area contributed by atoms with Crippen LogP contribution in [0.1, 0.15) is 20.3 Å². The number of hydrogen-bond acceptors (Lipinski definition) is 4. The first-order valence-electron chi connectivity index (χ1n) is 4.68. The van der Waals surface area contributed by atoms with E-state index in [-0.39, 0.29) is 13.0 Å². The molecule has 0 aromatic heterocycles. The number of likely N-dealkylation sites (N-methyl/N-ethyl adjacent to an activating group) is 1. The number of carbonyl (C=O) groups excluding carboxylic acids is 1. The SMILES string of the molecule is CNC(C)(C)C(=O)NC(CCO)C(=O)O. The van der Waals surface area contributed by atoms with Crippen molar-refractivity contribution in [1.82, 2.24) is 10.6 Å². The zero-order valence-electron chi connectivity index (χ0n) is 9.20. The molecule has 4 N–H and O–H groups in total. The quantitative estimate of drug-likeness (QED) is 0.455. The number of carboxylic acids is 1. The average molecular weight is 218 g/mol. The van der Waals surface area contributed by atoms with E-state index in [9.17, 15) is 9.59 Å². The van der Waals surface area contributed by atoms with Gasteiger partial charge >= 0.3 is 5.97 Å². The molecular weight excluding hydrogens is 200 g/mol. The molecule has 1 atom stereocenters. The normalized spacial score (nSPS) is 13.3. The second-order valence-corrected chi connectivity index (χ2v) is 3.75. The van der Waals surface area contributed by atoms with E-state index in [0.717, 1.165) is 0 Å². The molecule has 0 aliphatic carbocycles. The molecule has 88 valence electrons. The molecule has 6 heteroatoms. The first kappa shape index (κ1) is 13.9. The second kappa shape index (κ2) is 5.67. The smallest absolute Gasteiger partial charge is 0.326 e. The maximum absolute atomic E-state index is 11.6. The fourth-order valence-electron chi connectivity index (χ4n) is 0.839. The van der Waals surface area contributed by atoms with Gasteiger partial charge in [0.25, 0.3) is 0 Å². The van der Waals surface area contributed by atoms with Crippen LogP contribution in [0.15, 0.2) is 0 Å². The zero-order chi connectivity index (χ0) is 12.1. The summed E-state index contributed by atoms with van der Waals surface area (Å²) in [6.45, 7) is 3.00. The Balaban J connectivity index is 4.41. The number of hydrogen-bond donors (Lipinski definition) is 4. The van der Waals surface area contributed by atoms with Gasteiger partial charge in [-0.05, 0) is 20.9 Å². The van der Waals surface area contributed by atoms with Crippen molar-refractivity contribution in [2.45, 2.75) is 31.8 Å². The molecule has 0 aromatic rings. The Kier molecular flexibility index (Phi) is 5.24. The largest absolute Gasteiger partial charge is 0.480 e. The van der Waals surface area contributed by atoms with Crippen molar-refractivity contribution in [3.8, 4) is 0 Å². The highest BCUT2D eigenvalue weighted by atomic mass is 16.4. The van der Waals surface area contributed by atoms with Crippen LogP contribution in [-0.2, 0) is 9.59 Å². The van der Waals surface area contributed by atoms with Crippen LogP contribution in [0.25, 0.3) is 0 Å². The third-order valence-electron chi connectivity index (χ3n) is 2.21. The zero-order valence-corrected chi connectivity index (χ0v) is 9.20. The molecule has 0 aromatic carbocycles. The Bertz CT molecular complexity index is 240. The van der Waals surface area contributed by atoms with Crippen molar-refractivity contribution in [2.24, 2.45) is 0 Å². The van der Waals surface area contributed by atoms with Gasteiger partial charge in [0.1, 0.15) is 6.04 Å². The average Bonchev–Trinajstić information content (AvgIpc) is 2.16. The van der Waals surface area contributed by atoms with Crippen LogP contribution >= 0.6 is 0 Å². The Labute approximate surface area is 88.7 Å². The minimum atomic E-state index is -1.15. The van der Waals surface area contributed by atoms with E-state index >= 15 is 0 Å². The van der Waals surface area contributed by atoms with Gasteiger partial charge < -0.3 is 20.8 Å². The van der Waals surface area contributed by atoms with E-state index < -0.39 is 23.5 Å². The van der Waals surface area contributed by atoms with Crippen molar-refractivity contribution in [3.63, 3.8) is 0 Å². The van der Waals surface area contributed by atoms with E-state index in [1.165, 1.54) is 0 Å². The molecule has 0 bridgehead atoms. The Hall–Kier alpha value is -1.14. The number of amides is 1. The van der Waals surface area contributed by atoms with Gasteiger partial charge in [-0.25, -0.2) is 4.79 Å². The van der Waals surface area contributed by atoms with Gasteiger partial charge in [0, 0.05) is 13.0 Å². The van der Waals surface area contributed by atoms with Gasteiger partial charge in [0.05, 0.1) is 5.54 Å². The van der Waals surface area contributed by atoms with Crippen molar-refractivity contribution < 1.29 is 19.8 Å². The summed E-state index contributed by atoms with van der Waals surface area (Å²) in [4.78, 5) is 22.3. The van der Waals surface area contributed by atoms with E-state index in [2.05, 4.69) is 10.6 Å². The van der Waals surface area contributed by atoms with Crippen LogP contribution in [0, 0.1) is 0 Å². The number of carboxylic acid groups (broad SMARTS) is 1. The lowest BCUT2D eigenvalue weighted by Crippen LogP contribution is -2.55. The van der Waals surface area contributed by atoms with Gasteiger partial charge in [-0.3, -0.25) is 4.79 Å². The fraction of sp³-hybridized carbons (Fsp3) is 0.778. The number of aliphatic hydroxyl groups excluding tert-OH is 1. The molecule has 0 heterocycles. The Morgan fingerprint density at radius 1 is 1.40 bits per heavy atom. The van der Waals surface area contributed by atoms with Crippen molar-refractivity contribution in [3.05, 3.63) is 0 Å². The molecule has 0 saturated heterocycles. The number of carbonyl (C=O) groups is 2. The molecule has 0 aliphatic rings. The van der Waals surface area contributed by atoms with Gasteiger partial charge in [-0.15, -0.1) is 0 Å². The van der Waals surface area contributed by atoms with Crippen molar-refractivity contribution in [1.29, 1.82) is 0 Å². The minimum absolute atomic E-state index is 0.000861. The van der Waals surface area contributed by atoms with E-state index in [1.807, 2.05) is 0 Å². The molecule has 0 spiro atoms. The highest BCUT2D eigenvalue weighted by molar-refractivity contribution is 5.89. The number of rotatable bonds is 6. The van der Waals surface area contributed by atoms with Crippen LogP contribution in [0.5, 0.6) is 0 Å². The summed E-state index contributed by atoms with van der Waals surface area (Å²) in [5.41, 5.74) is -0.830. The molecule has 1 amide bonds. The summed E-state index contributed by atoms with van der Waals surface area (Å²) < 4.78 is 0. The second-order valence-electron chi connectivity index (χ2n) is 3.75. The monoisotopic (exact) mass is 218 g/mol. The Morgan fingerprint density at radius 3 is 2.27 bits per heavy atom. The van der Waals surface area contributed by atoms with E-state index in [0.29, 0.717) is 0 Å². The number of nitrogens with one attached hydrogen (secondary N) is 2. The van der Waals surface area contributed by atoms with Gasteiger partial charge in [0.15, 0.2) is 0 Å². The van der Waals surface area contributed by atoms with Crippen molar-refractivity contribution in [2.75, 3.05) is 13.7 Å². The Morgan fingerprint density at radius 2 is 1.93 bits per heavy atom. The molecule has 0 rings (SSSR count). The summed E-state index contributed by atoms with van der Waals surface area (Å²) >= 11 is 0. The van der Waals surface area contributed by atoms with Crippen LogP contribution in [0.3, 0.4) is 0 Å². The fourth-order valence-corrected chi connectivity index (χ4v) is 0.839. The van der Waals surface area contributed by atoms with E-state index in [1.54, 1.807) is 20.9 Å².